The Labute approximate surface area is 113 Å². The number of rotatable bonds is 8. The zero-order chi connectivity index (χ0) is 13.5. The number of unbranched alkanes of at least 4 members (excludes halogenated alkanes) is 5. The van der Waals surface area contributed by atoms with Crippen LogP contribution in [0.3, 0.4) is 0 Å². The minimum absolute atomic E-state index is 0.319. The van der Waals surface area contributed by atoms with Crippen LogP contribution in [0.25, 0.3) is 0 Å². The molecule has 1 nitrogen and oxygen atoms in total. The van der Waals surface area contributed by atoms with E-state index < -0.39 is 0 Å². The van der Waals surface area contributed by atoms with Crippen molar-refractivity contribution in [2.45, 2.75) is 65.2 Å². The minimum Gasteiger partial charge on any atom is -0.396 e. The highest BCUT2D eigenvalue weighted by Gasteiger charge is 1.92. The van der Waals surface area contributed by atoms with Gasteiger partial charge in [-0.2, -0.15) is 0 Å². The number of aliphatic hydroxyl groups is 1. The summed E-state index contributed by atoms with van der Waals surface area (Å²) in [6, 6.07) is 10.8. The zero-order valence-corrected chi connectivity index (χ0v) is 12.2. The lowest BCUT2D eigenvalue weighted by molar-refractivity contribution is 0.295. The summed E-state index contributed by atoms with van der Waals surface area (Å²) in [5, 5.41) is 7.88. The van der Waals surface area contributed by atoms with Crippen LogP contribution in [0.1, 0.15) is 64.4 Å². The predicted octanol–water partition coefficient (Wildman–Crippen LogP) is 4.98. The van der Waals surface area contributed by atoms with Gasteiger partial charge in [0.05, 0.1) is 0 Å². The summed E-state index contributed by atoms with van der Waals surface area (Å²) in [7, 11) is 0. The minimum atomic E-state index is 0.319. The van der Waals surface area contributed by atoms with Crippen molar-refractivity contribution in [1.29, 1.82) is 0 Å². The molecule has 0 saturated heterocycles. The Hall–Kier alpha value is -0.820. The molecule has 104 valence electrons. The van der Waals surface area contributed by atoms with Crippen molar-refractivity contribution >= 4 is 0 Å². The third-order valence-corrected chi connectivity index (χ3v) is 2.89. The molecular weight excluding hydrogens is 220 g/mol. The molecule has 1 aromatic carbocycles. The fourth-order valence-electron chi connectivity index (χ4n) is 1.75. The van der Waals surface area contributed by atoms with Gasteiger partial charge in [0.1, 0.15) is 0 Å². The Balaban J connectivity index is 0.000000631. The number of hydrogen-bond donors (Lipinski definition) is 1. The second kappa shape index (κ2) is 14.2. The molecule has 0 fully saturated rings. The third kappa shape index (κ3) is 11.7. The highest BCUT2D eigenvalue weighted by molar-refractivity contribution is 5.14. The molecule has 0 saturated carbocycles. The van der Waals surface area contributed by atoms with Crippen molar-refractivity contribution in [3.8, 4) is 0 Å². The van der Waals surface area contributed by atoms with Crippen LogP contribution in [0.4, 0.5) is 0 Å². The first-order valence-corrected chi connectivity index (χ1v) is 7.49. The standard InChI is InChI=1S/C14H22.C3H8O/c1-2-3-4-5-6-8-11-14-12-9-7-10-13-14;1-2-3-4/h7,9-10,12-13H,2-6,8,11H2,1H3;4H,2-3H2,1H3. The maximum absolute atomic E-state index is 7.88. The van der Waals surface area contributed by atoms with Gasteiger partial charge in [-0.05, 0) is 24.8 Å². The maximum Gasteiger partial charge on any atom is 0.0428 e. The average Bonchev–Trinajstić information content (AvgIpc) is 2.44. The molecule has 0 radical (unpaired) electrons. The molecule has 0 atom stereocenters. The van der Waals surface area contributed by atoms with Crippen LogP contribution in [0.15, 0.2) is 30.3 Å². The summed E-state index contributed by atoms with van der Waals surface area (Å²) in [6.07, 6.45) is 10.5. The Bertz CT molecular complexity index is 241. The molecule has 0 aliphatic rings. The number of hydrogen-bond acceptors (Lipinski definition) is 1. The molecule has 1 heteroatoms. The molecule has 1 aromatic rings. The van der Waals surface area contributed by atoms with Crippen molar-refractivity contribution in [2.75, 3.05) is 6.61 Å². The SMILES string of the molecule is CCCCCCCCc1ccccc1.CCCO. The van der Waals surface area contributed by atoms with E-state index in [4.69, 9.17) is 5.11 Å². The molecule has 0 unspecified atom stereocenters. The molecule has 0 aromatic heterocycles. The quantitative estimate of drug-likeness (QED) is 0.645. The van der Waals surface area contributed by atoms with E-state index in [1.54, 1.807) is 0 Å². The van der Waals surface area contributed by atoms with Gasteiger partial charge in [0, 0.05) is 6.61 Å². The number of aryl methyl sites for hydroxylation is 1. The lowest BCUT2D eigenvalue weighted by Gasteiger charge is -2.01. The van der Waals surface area contributed by atoms with Gasteiger partial charge >= 0.3 is 0 Å². The highest BCUT2D eigenvalue weighted by atomic mass is 16.2. The number of benzene rings is 1. The summed E-state index contributed by atoms with van der Waals surface area (Å²) in [6.45, 7) is 4.52. The van der Waals surface area contributed by atoms with Gasteiger partial charge in [0.15, 0.2) is 0 Å². The molecule has 1 N–H and O–H groups in total. The Kier molecular flexibility index (Phi) is 13.6. The molecule has 0 aliphatic carbocycles. The Morgan fingerprint density at radius 2 is 1.33 bits per heavy atom. The average molecular weight is 250 g/mol. The normalized spacial score (nSPS) is 9.72. The molecule has 0 aliphatic heterocycles. The molecule has 0 heterocycles. The summed E-state index contributed by atoms with van der Waals surface area (Å²) >= 11 is 0. The molecule has 18 heavy (non-hydrogen) atoms. The Morgan fingerprint density at radius 1 is 0.778 bits per heavy atom. The van der Waals surface area contributed by atoms with Gasteiger partial charge in [-0.1, -0.05) is 76.3 Å². The second-order valence-electron chi connectivity index (χ2n) is 4.73. The Morgan fingerprint density at radius 3 is 1.89 bits per heavy atom. The highest BCUT2D eigenvalue weighted by Crippen LogP contribution is 2.09. The van der Waals surface area contributed by atoms with E-state index in [1.807, 2.05) is 6.92 Å². The van der Waals surface area contributed by atoms with Gasteiger partial charge in [-0.15, -0.1) is 0 Å². The van der Waals surface area contributed by atoms with Gasteiger partial charge < -0.3 is 5.11 Å². The maximum atomic E-state index is 7.88. The molecule has 0 spiro atoms. The van der Waals surface area contributed by atoms with Crippen molar-refractivity contribution in [3.05, 3.63) is 35.9 Å². The van der Waals surface area contributed by atoms with E-state index in [0.717, 1.165) is 6.42 Å². The predicted molar refractivity (Wildman–Crippen MR) is 80.9 cm³/mol. The van der Waals surface area contributed by atoms with Crippen LogP contribution in [0.5, 0.6) is 0 Å². The van der Waals surface area contributed by atoms with Crippen LogP contribution in [0.2, 0.25) is 0 Å². The summed E-state index contributed by atoms with van der Waals surface area (Å²) in [4.78, 5) is 0. The van der Waals surface area contributed by atoms with Crippen molar-refractivity contribution in [3.63, 3.8) is 0 Å². The van der Waals surface area contributed by atoms with E-state index in [1.165, 1.54) is 50.5 Å². The monoisotopic (exact) mass is 250 g/mol. The first kappa shape index (κ1) is 17.2. The summed E-state index contributed by atoms with van der Waals surface area (Å²) < 4.78 is 0. The van der Waals surface area contributed by atoms with Crippen LogP contribution in [0, 0.1) is 0 Å². The molecule has 0 bridgehead atoms. The molecular formula is C17H30O. The van der Waals surface area contributed by atoms with E-state index in [9.17, 15) is 0 Å². The van der Waals surface area contributed by atoms with E-state index in [0.29, 0.717) is 6.61 Å². The van der Waals surface area contributed by atoms with Crippen molar-refractivity contribution < 1.29 is 5.11 Å². The molecule has 0 amide bonds. The van der Waals surface area contributed by atoms with Crippen LogP contribution < -0.4 is 0 Å². The largest absolute Gasteiger partial charge is 0.396 e. The first-order valence-electron chi connectivity index (χ1n) is 7.49. The fourth-order valence-corrected chi connectivity index (χ4v) is 1.75. The fraction of sp³-hybridized carbons (Fsp3) is 0.647. The van der Waals surface area contributed by atoms with E-state index >= 15 is 0 Å². The summed E-state index contributed by atoms with van der Waals surface area (Å²) in [5.74, 6) is 0. The van der Waals surface area contributed by atoms with Crippen molar-refractivity contribution in [2.24, 2.45) is 0 Å². The van der Waals surface area contributed by atoms with Crippen LogP contribution in [-0.2, 0) is 6.42 Å². The third-order valence-electron chi connectivity index (χ3n) is 2.89. The lowest BCUT2D eigenvalue weighted by Crippen LogP contribution is -1.85. The van der Waals surface area contributed by atoms with E-state index in [2.05, 4.69) is 37.3 Å². The van der Waals surface area contributed by atoms with Gasteiger partial charge in [-0.3, -0.25) is 0 Å². The number of aliphatic hydroxyl groups excluding tert-OH is 1. The van der Waals surface area contributed by atoms with Gasteiger partial charge in [-0.25, -0.2) is 0 Å². The lowest BCUT2D eigenvalue weighted by atomic mass is 10.1. The second-order valence-corrected chi connectivity index (χ2v) is 4.73. The summed E-state index contributed by atoms with van der Waals surface area (Å²) in [5.41, 5.74) is 1.49. The first-order chi connectivity index (χ1) is 8.85. The molecule has 1 rings (SSSR count). The zero-order valence-electron chi connectivity index (χ0n) is 12.2. The van der Waals surface area contributed by atoms with Gasteiger partial charge in [0.2, 0.25) is 0 Å². The van der Waals surface area contributed by atoms with Crippen molar-refractivity contribution in [1.82, 2.24) is 0 Å². The van der Waals surface area contributed by atoms with Crippen LogP contribution in [-0.4, -0.2) is 11.7 Å². The smallest absolute Gasteiger partial charge is 0.0428 e. The van der Waals surface area contributed by atoms with E-state index in [-0.39, 0.29) is 0 Å². The topological polar surface area (TPSA) is 20.2 Å². The van der Waals surface area contributed by atoms with Gasteiger partial charge in [0.25, 0.3) is 0 Å². The van der Waals surface area contributed by atoms with Crippen LogP contribution >= 0.6 is 0 Å².